The van der Waals surface area contributed by atoms with Crippen molar-refractivity contribution in [2.75, 3.05) is 6.54 Å². The van der Waals surface area contributed by atoms with Gasteiger partial charge in [0.25, 0.3) is 0 Å². The fraction of sp³-hybridized carbons (Fsp3) is 0.593. The van der Waals surface area contributed by atoms with Crippen LogP contribution in [0.15, 0.2) is 29.8 Å². The smallest absolute Gasteiger partial charge is 0.243 e. The average Bonchev–Trinajstić information content (AvgIpc) is 3.35. The van der Waals surface area contributed by atoms with Crippen molar-refractivity contribution >= 4 is 23.2 Å². The van der Waals surface area contributed by atoms with E-state index in [2.05, 4.69) is 15.6 Å². The number of β-amino-alcohol motifs (C(OH)–C–C–N with tert-alkyl or cyclic N) is 1. The van der Waals surface area contributed by atoms with Crippen molar-refractivity contribution in [3.8, 4) is 10.4 Å². The number of nitrogens with zero attached hydrogens (tertiary/aromatic N) is 2. The number of nitrogens with one attached hydrogen (secondary N) is 2. The number of rotatable bonds is 6. The zero-order chi connectivity index (χ0) is 26.1. The molecule has 1 aromatic carbocycles. The second-order valence-corrected chi connectivity index (χ2v) is 12.6. The third-order valence-corrected chi connectivity index (χ3v) is 7.31. The minimum Gasteiger partial charge on any atom is -0.391 e. The second kappa shape index (κ2) is 10.4. The molecule has 2 heterocycles. The predicted molar refractivity (Wildman–Crippen MR) is 141 cm³/mol. The van der Waals surface area contributed by atoms with Crippen LogP contribution in [0.2, 0.25) is 0 Å². The summed E-state index contributed by atoms with van der Waals surface area (Å²) < 4.78 is 0. The molecule has 1 saturated heterocycles. The molecule has 0 radical (unpaired) electrons. The van der Waals surface area contributed by atoms with Crippen LogP contribution < -0.4 is 10.6 Å². The van der Waals surface area contributed by atoms with Gasteiger partial charge < -0.3 is 20.6 Å². The van der Waals surface area contributed by atoms with E-state index in [0.717, 1.165) is 21.7 Å². The van der Waals surface area contributed by atoms with E-state index in [4.69, 9.17) is 0 Å². The van der Waals surface area contributed by atoms with E-state index in [0.29, 0.717) is 0 Å². The van der Waals surface area contributed by atoms with Crippen LogP contribution in [-0.4, -0.2) is 57.1 Å². The monoisotopic (exact) mass is 500 g/mol. The van der Waals surface area contributed by atoms with E-state index in [1.807, 2.05) is 85.2 Å². The Balaban J connectivity index is 1.73. The molecule has 0 unspecified atom stereocenters. The first-order chi connectivity index (χ1) is 16.2. The van der Waals surface area contributed by atoms with Gasteiger partial charge in [-0.05, 0) is 51.2 Å². The molecule has 35 heavy (non-hydrogen) atoms. The van der Waals surface area contributed by atoms with Gasteiger partial charge in [-0.15, -0.1) is 11.3 Å². The Morgan fingerprint density at radius 2 is 1.77 bits per heavy atom. The van der Waals surface area contributed by atoms with Crippen LogP contribution >= 0.6 is 11.3 Å². The third-order valence-electron chi connectivity index (χ3n) is 6.33. The lowest BCUT2D eigenvalue weighted by Crippen LogP contribution is -2.60. The molecule has 7 nitrogen and oxygen atoms in total. The topological polar surface area (TPSA) is 94.6 Å². The fourth-order valence-electron chi connectivity index (χ4n) is 4.45. The second-order valence-electron chi connectivity index (χ2n) is 11.7. The van der Waals surface area contributed by atoms with Gasteiger partial charge >= 0.3 is 0 Å². The summed E-state index contributed by atoms with van der Waals surface area (Å²) in [4.78, 5) is 33.9. The van der Waals surface area contributed by atoms with Gasteiger partial charge in [0.1, 0.15) is 6.04 Å². The van der Waals surface area contributed by atoms with Crippen LogP contribution in [0, 0.1) is 12.3 Å². The Hall–Kier alpha value is -2.29. The van der Waals surface area contributed by atoms with E-state index in [1.54, 1.807) is 16.2 Å². The van der Waals surface area contributed by atoms with Gasteiger partial charge in [-0.2, -0.15) is 0 Å². The highest BCUT2D eigenvalue weighted by Crippen LogP contribution is 2.30. The SMILES string of the molecule is Cc1ncsc1-c1ccc([C@@H](C)NC(=O)[C@H]2C[C@H](O)CN2C(=O)[C@@H](NC(C)(C)C)C(C)(C)C)cc1. The van der Waals surface area contributed by atoms with Gasteiger partial charge in [0.05, 0.1) is 34.3 Å². The number of amides is 2. The molecule has 0 aliphatic carbocycles. The molecule has 0 bridgehead atoms. The van der Waals surface area contributed by atoms with Crippen molar-refractivity contribution < 1.29 is 14.7 Å². The summed E-state index contributed by atoms with van der Waals surface area (Å²) in [5.74, 6) is -0.394. The lowest BCUT2D eigenvalue weighted by atomic mass is 9.84. The summed E-state index contributed by atoms with van der Waals surface area (Å²) >= 11 is 1.61. The van der Waals surface area contributed by atoms with Crippen LogP contribution in [0.5, 0.6) is 0 Å². The van der Waals surface area contributed by atoms with Crippen molar-refractivity contribution in [3.05, 3.63) is 41.0 Å². The number of benzene rings is 1. The highest BCUT2D eigenvalue weighted by molar-refractivity contribution is 7.13. The molecule has 1 aliphatic rings. The van der Waals surface area contributed by atoms with Gasteiger partial charge in [-0.1, -0.05) is 45.0 Å². The molecular formula is C27H40N4O3S. The summed E-state index contributed by atoms with van der Waals surface area (Å²) in [5.41, 5.74) is 4.28. The van der Waals surface area contributed by atoms with Crippen molar-refractivity contribution in [1.82, 2.24) is 20.5 Å². The largest absolute Gasteiger partial charge is 0.391 e. The number of carbonyl (C=O) groups is 2. The first kappa shape index (κ1) is 27.3. The Kier molecular flexibility index (Phi) is 8.09. The van der Waals surface area contributed by atoms with E-state index in [-0.39, 0.29) is 41.8 Å². The van der Waals surface area contributed by atoms with E-state index < -0.39 is 18.2 Å². The number of hydrogen-bond donors (Lipinski definition) is 3. The predicted octanol–water partition coefficient (Wildman–Crippen LogP) is 4.06. The maximum absolute atomic E-state index is 13.6. The van der Waals surface area contributed by atoms with Crippen LogP contribution in [0.25, 0.3) is 10.4 Å². The zero-order valence-corrected chi connectivity index (χ0v) is 23.0. The number of carbonyl (C=O) groups excluding carboxylic acids is 2. The Bertz CT molecular complexity index is 1040. The lowest BCUT2D eigenvalue weighted by Gasteiger charge is -2.39. The molecule has 2 aromatic rings. The summed E-state index contributed by atoms with van der Waals surface area (Å²) in [6, 6.07) is 6.68. The molecule has 1 fully saturated rings. The standard InChI is InChI=1S/C27H40N4O3S/c1-16(18-9-11-19(12-10-18)22-17(2)28-15-35-22)29-24(33)21-13-20(32)14-31(21)25(34)23(26(3,4)5)30-27(6,7)8/h9-12,15-16,20-21,23,30,32H,13-14H2,1-8H3,(H,29,33)/t16-,20+,21-,23-/m1/s1. The average molecular weight is 501 g/mol. The number of aryl methyl sites for hydroxylation is 1. The molecule has 1 aromatic heterocycles. The van der Waals surface area contributed by atoms with Crippen LogP contribution in [0.3, 0.4) is 0 Å². The van der Waals surface area contributed by atoms with Crippen molar-refractivity contribution in [2.24, 2.45) is 5.41 Å². The highest BCUT2D eigenvalue weighted by Gasteiger charge is 2.44. The molecule has 3 rings (SSSR count). The molecule has 8 heteroatoms. The lowest BCUT2D eigenvalue weighted by molar-refractivity contribution is -0.143. The molecule has 4 atom stereocenters. The third kappa shape index (κ3) is 6.68. The molecule has 0 saturated carbocycles. The summed E-state index contributed by atoms with van der Waals surface area (Å²) in [6.07, 6.45) is -0.484. The minimum atomic E-state index is -0.720. The van der Waals surface area contributed by atoms with Gasteiger partial charge in [0.2, 0.25) is 11.8 Å². The van der Waals surface area contributed by atoms with Gasteiger partial charge in [0.15, 0.2) is 0 Å². The van der Waals surface area contributed by atoms with Gasteiger partial charge in [-0.25, -0.2) is 4.98 Å². The number of thiazole rings is 1. The molecule has 2 amide bonds. The number of aromatic nitrogens is 1. The maximum atomic E-state index is 13.6. The van der Waals surface area contributed by atoms with E-state index in [1.165, 1.54) is 0 Å². The Labute approximate surface area is 213 Å². The minimum absolute atomic E-state index is 0.152. The number of hydrogen-bond acceptors (Lipinski definition) is 6. The summed E-state index contributed by atoms with van der Waals surface area (Å²) in [7, 11) is 0. The van der Waals surface area contributed by atoms with E-state index >= 15 is 0 Å². The molecule has 1 aliphatic heterocycles. The number of likely N-dealkylation sites (tertiary alicyclic amines) is 1. The van der Waals surface area contributed by atoms with Crippen molar-refractivity contribution in [1.29, 1.82) is 0 Å². The Morgan fingerprint density at radius 1 is 1.14 bits per heavy atom. The van der Waals surface area contributed by atoms with E-state index in [9.17, 15) is 14.7 Å². The van der Waals surface area contributed by atoms with Gasteiger partial charge in [-0.3, -0.25) is 9.59 Å². The molecule has 3 N–H and O–H groups in total. The first-order valence-electron chi connectivity index (χ1n) is 12.2. The van der Waals surface area contributed by atoms with Crippen LogP contribution in [0.1, 0.15) is 72.2 Å². The molecule has 0 spiro atoms. The van der Waals surface area contributed by atoms with Crippen molar-refractivity contribution in [2.45, 2.75) is 91.6 Å². The zero-order valence-electron chi connectivity index (χ0n) is 22.2. The maximum Gasteiger partial charge on any atom is 0.243 e. The number of aliphatic hydroxyl groups is 1. The quantitative estimate of drug-likeness (QED) is 0.556. The summed E-state index contributed by atoms with van der Waals surface area (Å²) in [5, 5.41) is 16.9. The fourth-order valence-corrected chi connectivity index (χ4v) is 5.26. The van der Waals surface area contributed by atoms with Crippen LogP contribution in [-0.2, 0) is 9.59 Å². The Morgan fingerprint density at radius 3 is 2.29 bits per heavy atom. The summed E-state index contributed by atoms with van der Waals surface area (Å²) in [6.45, 7) is 16.2. The molecular weight excluding hydrogens is 460 g/mol. The van der Waals surface area contributed by atoms with Gasteiger partial charge in [0, 0.05) is 18.5 Å². The molecule has 192 valence electrons. The highest BCUT2D eigenvalue weighted by atomic mass is 32.1. The normalized spacial score (nSPS) is 20.5. The van der Waals surface area contributed by atoms with Crippen molar-refractivity contribution in [3.63, 3.8) is 0 Å². The first-order valence-corrected chi connectivity index (χ1v) is 13.1. The van der Waals surface area contributed by atoms with Crippen LogP contribution in [0.4, 0.5) is 0 Å². The number of aliphatic hydroxyl groups excluding tert-OH is 1.